The van der Waals surface area contributed by atoms with Crippen LogP contribution in [0.1, 0.15) is 30.2 Å². The van der Waals surface area contributed by atoms with E-state index in [4.69, 9.17) is 11.6 Å². The lowest BCUT2D eigenvalue weighted by Crippen LogP contribution is -2.39. The number of piperidine rings is 1. The number of hydrogen-bond acceptors (Lipinski definition) is 5. The molecule has 1 fully saturated rings. The molecule has 7 heteroatoms. The van der Waals surface area contributed by atoms with Crippen LogP contribution in [0.3, 0.4) is 0 Å². The molecule has 1 unspecified atom stereocenters. The monoisotopic (exact) mass is 415 g/mol. The Hall–Kier alpha value is -2.18. The van der Waals surface area contributed by atoms with Crippen LogP contribution < -0.4 is 4.90 Å². The largest absolute Gasteiger partial charge is 0.481 e. The van der Waals surface area contributed by atoms with Gasteiger partial charge < -0.3 is 10.0 Å². The van der Waals surface area contributed by atoms with Crippen molar-refractivity contribution in [1.29, 1.82) is 0 Å². The van der Waals surface area contributed by atoms with Crippen molar-refractivity contribution in [3.05, 3.63) is 40.0 Å². The summed E-state index contributed by atoms with van der Waals surface area (Å²) in [4.78, 5) is 24.6. The number of aliphatic carboxylic acids is 1. The number of fused-ring (bicyclic) bond motifs is 1. The van der Waals surface area contributed by atoms with Crippen LogP contribution in [0.4, 0.5) is 5.82 Å². The van der Waals surface area contributed by atoms with Crippen molar-refractivity contribution in [1.82, 2.24) is 9.97 Å². The number of benzene rings is 1. The van der Waals surface area contributed by atoms with E-state index in [2.05, 4.69) is 53.0 Å². The van der Waals surface area contributed by atoms with Crippen LogP contribution in [-0.2, 0) is 11.2 Å². The molecule has 4 rings (SSSR count). The molecule has 1 aliphatic rings. The van der Waals surface area contributed by atoms with Crippen molar-refractivity contribution in [2.45, 2.75) is 33.1 Å². The Balaban J connectivity index is 1.87. The van der Waals surface area contributed by atoms with E-state index in [9.17, 15) is 9.90 Å². The van der Waals surface area contributed by atoms with Crippen LogP contribution in [0, 0.1) is 12.8 Å². The van der Waals surface area contributed by atoms with Crippen LogP contribution in [0.2, 0.25) is 5.28 Å². The van der Waals surface area contributed by atoms with Gasteiger partial charge in [-0.05, 0) is 48.9 Å². The van der Waals surface area contributed by atoms with Gasteiger partial charge in [0.2, 0.25) is 5.28 Å². The highest BCUT2D eigenvalue weighted by Gasteiger charge is 2.29. The number of aromatic nitrogens is 2. The molecule has 146 valence electrons. The average Bonchev–Trinajstić information content (AvgIpc) is 3.03. The zero-order valence-corrected chi connectivity index (χ0v) is 17.5. The summed E-state index contributed by atoms with van der Waals surface area (Å²) in [5.41, 5.74) is 3.53. The second-order valence-corrected chi connectivity index (χ2v) is 8.74. The van der Waals surface area contributed by atoms with Gasteiger partial charge in [0.15, 0.2) is 0 Å². The number of carbonyl (C=O) groups is 1. The summed E-state index contributed by atoms with van der Waals surface area (Å²) in [7, 11) is 0. The number of carboxylic acids is 1. The second kappa shape index (κ2) is 7.68. The van der Waals surface area contributed by atoms with Crippen LogP contribution in [0.25, 0.3) is 21.3 Å². The Bertz CT molecular complexity index is 1030. The van der Waals surface area contributed by atoms with Crippen molar-refractivity contribution in [3.63, 3.8) is 0 Å². The standard InChI is InChI=1S/C21H22ClN3O2S/c1-3-13-6-8-14(9-7-13)16-12(2)28-19-17(16)18(23-21(22)24-19)25-10-4-5-15(11-25)20(26)27/h6-9,15H,3-5,10-11H2,1-2H3,(H,26,27). The van der Waals surface area contributed by atoms with E-state index in [0.29, 0.717) is 13.0 Å². The minimum atomic E-state index is -0.752. The van der Waals surface area contributed by atoms with Crippen LogP contribution in [-0.4, -0.2) is 34.1 Å². The van der Waals surface area contributed by atoms with Crippen molar-refractivity contribution in [3.8, 4) is 11.1 Å². The lowest BCUT2D eigenvalue weighted by Gasteiger charge is -2.32. The number of aryl methyl sites for hydroxylation is 2. The molecule has 0 saturated carbocycles. The molecule has 1 aliphatic heterocycles. The summed E-state index contributed by atoms with van der Waals surface area (Å²) in [5, 5.41) is 10.7. The van der Waals surface area contributed by atoms with Gasteiger partial charge in [-0.1, -0.05) is 31.2 Å². The van der Waals surface area contributed by atoms with Crippen molar-refractivity contribution in [2.75, 3.05) is 18.0 Å². The minimum Gasteiger partial charge on any atom is -0.481 e. The lowest BCUT2D eigenvalue weighted by atomic mass is 9.97. The van der Waals surface area contributed by atoms with Gasteiger partial charge >= 0.3 is 5.97 Å². The van der Waals surface area contributed by atoms with E-state index in [1.807, 2.05) is 0 Å². The zero-order chi connectivity index (χ0) is 19.8. The van der Waals surface area contributed by atoms with E-state index in [0.717, 1.165) is 51.4 Å². The highest BCUT2D eigenvalue weighted by Crippen LogP contribution is 2.43. The Labute approximate surface area is 173 Å². The summed E-state index contributed by atoms with van der Waals surface area (Å²) >= 11 is 7.84. The molecule has 0 bridgehead atoms. The fourth-order valence-corrected chi connectivity index (χ4v) is 5.18. The molecular weight excluding hydrogens is 394 g/mol. The van der Waals surface area contributed by atoms with Crippen LogP contribution in [0.15, 0.2) is 24.3 Å². The Morgan fingerprint density at radius 1 is 1.32 bits per heavy atom. The molecule has 2 aromatic heterocycles. The average molecular weight is 416 g/mol. The Kier molecular flexibility index (Phi) is 5.25. The number of rotatable bonds is 4. The van der Waals surface area contributed by atoms with Crippen molar-refractivity contribution in [2.24, 2.45) is 5.92 Å². The highest BCUT2D eigenvalue weighted by molar-refractivity contribution is 7.19. The van der Waals surface area contributed by atoms with Gasteiger partial charge in [0, 0.05) is 23.5 Å². The van der Waals surface area contributed by atoms with Gasteiger partial charge in [-0.3, -0.25) is 4.79 Å². The topological polar surface area (TPSA) is 66.3 Å². The number of thiophene rings is 1. The first-order valence-electron chi connectivity index (χ1n) is 9.51. The molecule has 0 aliphatic carbocycles. The van der Waals surface area contributed by atoms with Gasteiger partial charge in [-0.2, -0.15) is 4.98 Å². The summed E-state index contributed by atoms with van der Waals surface area (Å²) in [5.74, 6) is -0.387. The predicted molar refractivity (Wildman–Crippen MR) is 115 cm³/mol. The number of carboxylic acid groups (broad SMARTS) is 1. The molecule has 1 saturated heterocycles. The maximum Gasteiger partial charge on any atom is 0.308 e. The van der Waals surface area contributed by atoms with Crippen LogP contribution >= 0.6 is 22.9 Å². The molecule has 3 aromatic rings. The molecule has 3 heterocycles. The third kappa shape index (κ3) is 3.47. The number of anilines is 1. The minimum absolute atomic E-state index is 0.203. The smallest absolute Gasteiger partial charge is 0.308 e. The lowest BCUT2D eigenvalue weighted by molar-refractivity contribution is -0.141. The van der Waals surface area contributed by atoms with Gasteiger partial charge in [-0.15, -0.1) is 11.3 Å². The highest BCUT2D eigenvalue weighted by atomic mass is 35.5. The predicted octanol–water partition coefficient (Wildman–Crippen LogP) is 5.18. The molecule has 28 heavy (non-hydrogen) atoms. The Morgan fingerprint density at radius 2 is 2.07 bits per heavy atom. The molecular formula is C21H22ClN3O2S. The summed E-state index contributed by atoms with van der Waals surface area (Å²) < 4.78 is 0. The molecule has 1 atom stereocenters. The van der Waals surface area contributed by atoms with E-state index >= 15 is 0 Å². The fraction of sp³-hybridized carbons (Fsp3) is 0.381. The van der Waals surface area contributed by atoms with Crippen molar-refractivity contribution < 1.29 is 9.90 Å². The number of halogens is 1. The third-order valence-corrected chi connectivity index (χ3v) is 6.57. The maximum atomic E-state index is 11.5. The van der Waals surface area contributed by atoms with Gasteiger partial charge in [0.1, 0.15) is 10.6 Å². The molecule has 1 aromatic carbocycles. The van der Waals surface area contributed by atoms with Crippen LogP contribution in [0.5, 0.6) is 0 Å². The third-order valence-electron chi connectivity index (χ3n) is 5.40. The number of nitrogens with zero attached hydrogens (tertiary/aromatic N) is 3. The molecule has 1 N–H and O–H groups in total. The first-order chi connectivity index (χ1) is 13.5. The Morgan fingerprint density at radius 3 is 2.75 bits per heavy atom. The van der Waals surface area contributed by atoms with Gasteiger partial charge in [-0.25, -0.2) is 4.98 Å². The van der Waals surface area contributed by atoms with E-state index in [1.165, 1.54) is 5.56 Å². The summed E-state index contributed by atoms with van der Waals surface area (Å²) in [6.45, 7) is 5.45. The maximum absolute atomic E-state index is 11.5. The number of hydrogen-bond donors (Lipinski definition) is 1. The quantitative estimate of drug-likeness (QED) is 0.594. The van der Waals surface area contributed by atoms with E-state index < -0.39 is 5.97 Å². The van der Waals surface area contributed by atoms with Gasteiger partial charge in [0.05, 0.1) is 11.3 Å². The summed E-state index contributed by atoms with van der Waals surface area (Å²) in [6.07, 6.45) is 2.52. The van der Waals surface area contributed by atoms with Gasteiger partial charge in [0.25, 0.3) is 0 Å². The van der Waals surface area contributed by atoms with E-state index in [-0.39, 0.29) is 11.2 Å². The first-order valence-corrected chi connectivity index (χ1v) is 10.7. The second-order valence-electron chi connectivity index (χ2n) is 7.20. The van der Waals surface area contributed by atoms with E-state index in [1.54, 1.807) is 11.3 Å². The molecule has 5 nitrogen and oxygen atoms in total. The molecule has 0 amide bonds. The summed E-state index contributed by atoms with van der Waals surface area (Å²) in [6, 6.07) is 8.58. The first kappa shape index (κ1) is 19.2. The normalized spacial score (nSPS) is 17.2. The SMILES string of the molecule is CCc1ccc(-c2c(C)sc3nc(Cl)nc(N4CCCC(C(=O)O)C4)c23)cc1. The molecule has 0 spiro atoms. The molecule has 0 radical (unpaired) electrons. The van der Waals surface area contributed by atoms with Crippen molar-refractivity contribution >= 4 is 44.9 Å². The fourth-order valence-electron chi connectivity index (χ4n) is 3.92. The zero-order valence-electron chi connectivity index (χ0n) is 15.9.